The maximum absolute atomic E-state index is 12.2. The van der Waals surface area contributed by atoms with Crippen molar-refractivity contribution in [2.24, 2.45) is 5.92 Å². The molecular weight excluding hydrogens is 370 g/mol. The van der Waals surface area contributed by atoms with Gasteiger partial charge in [-0.25, -0.2) is 4.98 Å². The van der Waals surface area contributed by atoms with E-state index in [1.807, 2.05) is 30.3 Å². The first-order chi connectivity index (χ1) is 14.8. The zero-order chi connectivity index (χ0) is 20.6. The number of rotatable bonds is 9. The van der Waals surface area contributed by atoms with E-state index in [0.29, 0.717) is 13.0 Å². The highest BCUT2D eigenvalue weighted by atomic mass is 16.1. The van der Waals surface area contributed by atoms with Crippen LogP contribution in [0.3, 0.4) is 0 Å². The molecule has 0 unspecified atom stereocenters. The van der Waals surface area contributed by atoms with Crippen LogP contribution in [0.15, 0.2) is 54.6 Å². The quantitative estimate of drug-likeness (QED) is 0.493. The molecule has 0 radical (unpaired) electrons. The Morgan fingerprint density at radius 1 is 1.00 bits per heavy atom. The van der Waals surface area contributed by atoms with Crippen LogP contribution in [0.2, 0.25) is 0 Å². The zero-order valence-electron chi connectivity index (χ0n) is 17.9. The van der Waals surface area contributed by atoms with Gasteiger partial charge in [0.2, 0.25) is 5.91 Å². The highest BCUT2D eigenvalue weighted by Crippen LogP contribution is 2.28. The molecule has 4 rings (SSSR count). The van der Waals surface area contributed by atoms with Gasteiger partial charge in [0, 0.05) is 19.5 Å². The molecule has 0 atom stereocenters. The Balaban J connectivity index is 1.32. The van der Waals surface area contributed by atoms with Gasteiger partial charge >= 0.3 is 0 Å². The maximum Gasteiger partial charge on any atom is 0.224 e. The van der Waals surface area contributed by atoms with E-state index in [9.17, 15) is 4.79 Å². The first kappa shape index (κ1) is 20.6. The second kappa shape index (κ2) is 10.4. The topological polar surface area (TPSA) is 46.9 Å². The van der Waals surface area contributed by atoms with Crippen molar-refractivity contribution in [2.45, 2.75) is 64.3 Å². The van der Waals surface area contributed by atoms with Crippen molar-refractivity contribution < 1.29 is 4.79 Å². The maximum atomic E-state index is 12.2. The van der Waals surface area contributed by atoms with Crippen LogP contribution in [-0.2, 0) is 24.2 Å². The summed E-state index contributed by atoms with van der Waals surface area (Å²) in [5, 5.41) is 3.06. The highest BCUT2D eigenvalue weighted by Gasteiger charge is 2.16. The van der Waals surface area contributed by atoms with Crippen molar-refractivity contribution in [2.75, 3.05) is 6.54 Å². The van der Waals surface area contributed by atoms with E-state index in [-0.39, 0.29) is 5.91 Å². The minimum atomic E-state index is 0.0898. The van der Waals surface area contributed by atoms with Crippen molar-refractivity contribution in [3.05, 3.63) is 66.0 Å². The number of fused-ring (bicyclic) bond motifs is 1. The molecule has 0 saturated heterocycles. The fourth-order valence-corrected chi connectivity index (χ4v) is 4.67. The number of amides is 1. The van der Waals surface area contributed by atoms with Crippen molar-refractivity contribution in [3.8, 4) is 0 Å². The van der Waals surface area contributed by atoms with E-state index in [1.54, 1.807) is 0 Å². The minimum Gasteiger partial charge on any atom is -0.356 e. The Bertz CT molecular complexity index is 941. The lowest BCUT2D eigenvalue weighted by molar-refractivity contribution is -0.120. The van der Waals surface area contributed by atoms with Gasteiger partial charge in [-0.15, -0.1) is 0 Å². The van der Waals surface area contributed by atoms with E-state index < -0.39 is 0 Å². The monoisotopic (exact) mass is 403 g/mol. The van der Waals surface area contributed by atoms with Gasteiger partial charge in [-0.2, -0.15) is 0 Å². The molecule has 4 nitrogen and oxygen atoms in total. The zero-order valence-corrected chi connectivity index (χ0v) is 17.9. The van der Waals surface area contributed by atoms with Crippen molar-refractivity contribution >= 4 is 16.9 Å². The smallest absolute Gasteiger partial charge is 0.224 e. The molecule has 1 saturated carbocycles. The van der Waals surface area contributed by atoms with E-state index in [0.717, 1.165) is 42.2 Å². The van der Waals surface area contributed by atoms with Gasteiger partial charge in [-0.05, 0) is 36.5 Å². The molecule has 1 amide bonds. The van der Waals surface area contributed by atoms with E-state index in [1.165, 1.54) is 44.0 Å². The number of imidazole rings is 1. The van der Waals surface area contributed by atoms with Crippen LogP contribution in [0.5, 0.6) is 0 Å². The summed E-state index contributed by atoms with van der Waals surface area (Å²) in [6.07, 6.45) is 10.5. The molecular formula is C26H33N3O. The summed E-state index contributed by atoms with van der Waals surface area (Å²) in [5.41, 5.74) is 3.39. The SMILES string of the molecule is O=C(Cc1ccccc1)NCCCc1nc2ccccc2n1CCC1CCCCC1. The first-order valence-corrected chi connectivity index (χ1v) is 11.5. The van der Waals surface area contributed by atoms with Crippen molar-refractivity contribution in [1.29, 1.82) is 0 Å². The number of benzene rings is 2. The molecule has 2 aromatic carbocycles. The van der Waals surface area contributed by atoms with E-state index in [2.05, 4.69) is 34.1 Å². The molecule has 1 heterocycles. The molecule has 0 aliphatic heterocycles. The van der Waals surface area contributed by atoms with Gasteiger partial charge in [-0.1, -0.05) is 74.6 Å². The van der Waals surface area contributed by atoms with Crippen LogP contribution in [-0.4, -0.2) is 22.0 Å². The number of aromatic nitrogens is 2. The molecule has 3 aromatic rings. The highest BCUT2D eigenvalue weighted by molar-refractivity contribution is 5.78. The van der Waals surface area contributed by atoms with Crippen molar-refractivity contribution in [3.63, 3.8) is 0 Å². The summed E-state index contributed by atoms with van der Waals surface area (Å²) in [6, 6.07) is 18.4. The molecule has 1 aromatic heterocycles. The normalized spacial score (nSPS) is 14.8. The molecule has 30 heavy (non-hydrogen) atoms. The lowest BCUT2D eigenvalue weighted by Gasteiger charge is -2.22. The Hall–Kier alpha value is -2.62. The summed E-state index contributed by atoms with van der Waals surface area (Å²) in [6.45, 7) is 1.75. The molecule has 1 fully saturated rings. The predicted octanol–water partition coefficient (Wildman–Crippen LogP) is 5.30. The van der Waals surface area contributed by atoms with Crippen LogP contribution in [0, 0.1) is 5.92 Å². The number of aryl methyl sites for hydroxylation is 2. The minimum absolute atomic E-state index is 0.0898. The Morgan fingerprint density at radius 3 is 2.60 bits per heavy atom. The van der Waals surface area contributed by atoms with Crippen molar-refractivity contribution in [1.82, 2.24) is 14.9 Å². The number of carbonyl (C=O) groups excluding carboxylic acids is 1. The largest absolute Gasteiger partial charge is 0.356 e. The van der Waals surface area contributed by atoms with Gasteiger partial charge in [0.1, 0.15) is 5.82 Å². The summed E-state index contributed by atoms with van der Waals surface area (Å²) < 4.78 is 2.43. The lowest BCUT2D eigenvalue weighted by Crippen LogP contribution is -2.26. The summed E-state index contributed by atoms with van der Waals surface area (Å²) in [7, 11) is 0. The molecule has 0 spiro atoms. The molecule has 1 aliphatic carbocycles. The third-order valence-electron chi connectivity index (χ3n) is 6.33. The van der Waals surface area contributed by atoms with Gasteiger partial charge in [-0.3, -0.25) is 4.79 Å². The second-order valence-electron chi connectivity index (χ2n) is 8.58. The Kier molecular flexibility index (Phi) is 7.17. The third-order valence-corrected chi connectivity index (χ3v) is 6.33. The molecule has 158 valence electrons. The van der Waals surface area contributed by atoms with Gasteiger partial charge in [0.15, 0.2) is 0 Å². The van der Waals surface area contributed by atoms with Gasteiger partial charge in [0.05, 0.1) is 17.5 Å². The van der Waals surface area contributed by atoms with Crippen LogP contribution < -0.4 is 5.32 Å². The fraction of sp³-hybridized carbons (Fsp3) is 0.462. The van der Waals surface area contributed by atoms with E-state index >= 15 is 0 Å². The van der Waals surface area contributed by atoms with Crippen LogP contribution in [0.25, 0.3) is 11.0 Å². The van der Waals surface area contributed by atoms with Crippen LogP contribution in [0.4, 0.5) is 0 Å². The second-order valence-corrected chi connectivity index (χ2v) is 8.58. The summed E-state index contributed by atoms with van der Waals surface area (Å²) >= 11 is 0. The van der Waals surface area contributed by atoms with Gasteiger partial charge in [0.25, 0.3) is 0 Å². The number of hydrogen-bond acceptors (Lipinski definition) is 2. The third kappa shape index (κ3) is 5.50. The fourth-order valence-electron chi connectivity index (χ4n) is 4.67. The number of carbonyl (C=O) groups is 1. The van der Waals surface area contributed by atoms with Crippen LogP contribution in [0.1, 0.15) is 56.3 Å². The summed E-state index contributed by atoms with van der Waals surface area (Å²) in [5.74, 6) is 2.11. The Labute approximate surface area is 179 Å². The standard InChI is InChI=1S/C26H33N3O/c30-26(20-22-12-5-2-6-13-22)27-18-9-16-25-28-23-14-7-8-15-24(23)29(25)19-17-21-10-3-1-4-11-21/h2,5-8,12-15,21H,1,3-4,9-11,16-20H2,(H,27,30). The first-order valence-electron chi connectivity index (χ1n) is 11.5. The molecule has 1 aliphatic rings. The van der Waals surface area contributed by atoms with Crippen LogP contribution >= 0.6 is 0 Å². The lowest BCUT2D eigenvalue weighted by atomic mass is 9.87. The molecule has 1 N–H and O–H groups in total. The average molecular weight is 404 g/mol. The molecule has 4 heteroatoms. The summed E-state index contributed by atoms with van der Waals surface area (Å²) in [4.78, 5) is 17.1. The van der Waals surface area contributed by atoms with Gasteiger partial charge < -0.3 is 9.88 Å². The Morgan fingerprint density at radius 2 is 1.77 bits per heavy atom. The number of nitrogens with one attached hydrogen (secondary N) is 1. The number of hydrogen-bond donors (Lipinski definition) is 1. The average Bonchev–Trinajstić information content (AvgIpc) is 3.14. The van der Waals surface area contributed by atoms with E-state index in [4.69, 9.17) is 4.98 Å². The predicted molar refractivity (Wildman–Crippen MR) is 122 cm³/mol. The number of nitrogens with zero attached hydrogens (tertiary/aromatic N) is 2. The molecule has 0 bridgehead atoms. The number of para-hydroxylation sites is 2.